The summed E-state index contributed by atoms with van der Waals surface area (Å²) in [4.78, 5) is 24.1. The Morgan fingerprint density at radius 3 is 2.55 bits per heavy atom. The molecule has 8 nitrogen and oxygen atoms in total. The van der Waals surface area contributed by atoms with Crippen molar-refractivity contribution in [2.24, 2.45) is 0 Å². The average molecular weight is 555 g/mol. The number of aromatic nitrogens is 3. The topological polar surface area (TPSA) is 75.5 Å². The maximum atomic E-state index is 13.6. The fraction of sp³-hybridized carbons (Fsp3) is 0.250. The maximum Gasteiger partial charge on any atom is 0.419 e. The number of anilines is 1. The second kappa shape index (κ2) is 11.0. The molecule has 1 aliphatic heterocycles. The predicted octanol–water partition coefficient (Wildman–Crippen LogP) is 5.59. The first-order valence-electron chi connectivity index (χ1n) is 12.5. The van der Waals surface area contributed by atoms with E-state index < -0.39 is 17.6 Å². The van der Waals surface area contributed by atoms with Gasteiger partial charge < -0.3 is 19.5 Å². The summed E-state index contributed by atoms with van der Waals surface area (Å²) in [5.41, 5.74) is 0.232. The quantitative estimate of drug-likeness (QED) is 0.301. The molecule has 0 bridgehead atoms. The summed E-state index contributed by atoms with van der Waals surface area (Å²) in [7, 11) is 0. The van der Waals surface area contributed by atoms with Crippen LogP contribution in [0.3, 0.4) is 0 Å². The lowest BCUT2D eigenvalue weighted by Gasteiger charge is -2.33. The van der Waals surface area contributed by atoms with Crippen molar-refractivity contribution in [3.63, 3.8) is 0 Å². The Balaban J connectivity index is 1.25. The number of nitrogens with zero attached hydrogens (tertiary/aromatic N) is 5. The molecule has 3 heterocycles. The lowest BCUT2D eigenvalue weighted by atomic mass is 10.2. The van der Waals surface area contributed by atoms with E-state index in [0.29, 0.717) is 37.3 Å². The van der Waals surface area contributed by atoms with Crippen LogP contribution in [-0.4, -0.2) is 56.4 Å². The first kappa shape index (κ1) is 27.1. The van der Waals surface area contributed by atoms with Crippen molar-refractivity contribution in [1.29, 1.82) is 0 Å². The van der Waals surface area contributed by atoms with Gasteiger partial charge in [-0.25, -0.2) is 14.4 Å². The van der Waals surface area contributed by atoms with Crippen LogP contribution in [0.4, 0.5) is 23.2 Å². The number of halogens is 4. The van der Waals surface area contributed by atoms with Gasteiger partial charge in [0.25, 0.3) is 0 Å². The second-order valence-corrected chi connectivity index (χ2v) is 9.40. The number of nitrogens with one attached hydrogen (secondary N) is 1. The van der Waals surface area contributed by atoms with Gasteiger partial charge in [0.2, 0.25) is 11.8 Å². The van der Waals surface area contributed by atoms with Gasteiger partial charge in [-0.05, 0) is 42.5 Å². The van der Waals surface area contributed by atoms with Gasteiger partial charge in [0.1, 0.15) is 23.7 Å². The van der Waals surface area contributed by atoms with Crippen molar-refractivity contribution in [3.8, 4) is 11.6 Å². The maximum absolute atomic E-state index is 13.6. The number of hydrogen-bond acceptors (Lipinski definition) is 6. The van der Waals surface area contributed by atoms with Gasteiger partial charge in [0, 0.05) is 63.0 Å². The zero-order chi connectivity index (χ0) is 28.4. The monoisotopic (exact) mass is 554 g/mol. The average Bonchev–Trinajstić information content (AvgIpc) is 3.33. The summed E-state index contributed by atoms with van der Waals surface area (Å²) in [6.07, 6.45) is -1.65. The van der Waals surface area contributed by atoms with Crippen LogP contribution in [0.2, 0.25) is 0 Å². The van der Waals surface area contributed by atoms with Gasteiger partial charge in [-0.2, -0.15) is 13.2 Å². The summed E-state index contributed by atoms with van der Waals surface area (Å²) >= 11 is 0. The number of carbonyl (C=O) groups excluding carboxylic acids is 1. The Hall–Kier alpha value is -4.45. The van der Waals surface area contributed by atoms with Gasteiger partial charge in [-0.3, -0.25) is 9.69 Å². The fourth-order valence-electron chi connectivity index (χ4n) is 4.56. The normalized spacial score (nSPS) is 14.4. The molecule has 0 spiro atoms. The third-order valence-corrected chi connectivity index (χ3v) is 6.64. The molecule has 0 unspecified atom stereocenters. The van der Waals surface area contributed by atoms with Gasteiger partial charge in [0.05, 0.1) is 16.8 Å². The summed E-state index contributed by atoms with van der Waals surface area (Å²) in [6.45, 7) is 9.00. The number of alkyl halides is 3. The Morgan fingerprint density at radius 1 is 1.05 bits per heavy atom. The van der Waals surface area contributed by atoms with Crippen molar-refractivity contribution >= 4 is 28.3 Å². The van der Waals surface area contributed by atoms with Crippen molar-refractivity contribution in [1.82, 2.24) is 24.3 Å². The Morgan fingerprint density at radius 2 is 1.82 bits per heavy atom. The van der Waals surface area contributed by atoms with Crippen molar-refractivity contribution < 1.29 is 27.1 Å². The molecule has 208 valence electrons. The number of ether oxygens (including phenoxy) is 1. The molecule has 1 aliphatic rings. The van der Waals surface area contributed by atoms with Crippen LogP contribution in [0.25, 0.3) is 16.7 Å². The van der Waals surface area contributed by atoms with E-state index in [9.17, 15) is 22.4 Å². The molecule has 40 heavy (non-hydrogen) atoms. The highest BCUT2D eigenvalue weighted by atomic mass is 19.4. The SMILES string of the molecule is C=C(Nc1ccc(F)c(C(F)(F)F)c1)n1ccc2cc(Oc3cc(CN4CCN(C(C)=O)CC4)ncn3)ccc21. The van der Waals surface area contributed by atoms with Crippen molar-refractivity contribution in [2.75, 3.05) is 31.5 Å². The highest BCUT2D eigenvalue weighted by Gasteiger charge is 2.34. The van der Waals surface area contributed by atoms with Crippen molar-refractivity contribution in [2.45, 2.75) is 19.6 Å². The highest BCUT2D eigenvalue weighted by molar-refractivity contribution is 5.86. The minimum atomic E-state index is -4.81. The number of hydrogen-bond donors (Lipinski definition) is 1. The van der Waals surface area contributed by atoms with Gasteiger partial charge in [-0.15, -0.1) is 0 Å². The van der Waals surface area contributed by atoms with Crippen LogP contribution in [0.15, 0.2) is 67.6 Å². The third-order valence-electron chi connectivity index (χ3n) is 6.64. The smallest absolute Gasteiger partial charge is 0.419 e. The van der Waals surface area contributed by atoms with E-state index >= 15 is 0 Å². The molecule has 1 saturated heterocycles. The van der Waals surface area contributed by atoms with Crippen LogP contribution in [0.1, 0.15) is 18.2 Å². The molecule has 0 aliphatic carbocycles. The van der Waals surface area contributed by atoms with Crippen molar-refractivity contribution in [3.05, 3.63) is 84.7 Å². The molecule has 5 rings (SSSR count). The van der Waals surface area contributed by atoms with E-state index in [1.807, 2.05) is 17.0 Å². The van der Waals surface area contributed by atoms with E-state index in [2.05, 4.69) is 26.8 Å². The number of benzene rings is 2. The lowest BCUT2D eigenvalue weighted by molar-refractivity contribution is -0.140. The molecule has 1 amide bonds. The minimum absolute atomic E-state index is 0.0563. The van der Waals surface area contributed by atoms with Crippen LogP contribution >= 0.6 is 0 Å². The zero-order valence-electron chi connectivity index (χ0n) is 21.6. The summed E-state index contributed by atoms with van der Waals surface area (Å²) < 4.78 is 60.5. The van der Waals surface area contributed by atoms with Crippen LogP contribution in [0, 0.1) is 5.82 Å². The summed E-state index contributed by atoms with van der Waals surface area (Å²) in [5.74, 6) is -0.0533. The lowest BCUT2D eigenvalue weighted by Crippen LogP contribution is -2.47. The van der Waals surface area contributed by atoms with E-state index in [-0.39, 0.29) is 17.4 Å². The van der Waals surface area contributed by atoms with Gasteiger partial charge in [-0.1, -0.05) is 6.58 Å². The molecular weight excluding hydrogens is 528 g/mol. The van der Waals surface area contributed by atoms with Crippen LogP contribution < -0.4 is 10.1 Å². The molecule has 1 N–H and O–H groups in total. The number of amides is 1. The highest BCUT2D eigenvalue weighted by Crippen LogP contribution is 2.34. The molecule has 4 aromatic rings. The molecule has 2 aromatic heterocycles. The molecule has 0 radical (unpaired) electrons. The number of piperazine rings is 1. The van der Waals surface area contributed by atoms with Gasteiger partial charge in [0.15, 0.2) is 0 Å². The number of rotatable bonds is 7. The van der Waals surface area contributed by atoms with E-state index in [1.54, 1.807) is 35.9 Å². The van der Waals surface area contributed by atoms with Crippen LogP contribution in [-0.2, 0) is 17.5 Å². The molecular formula is C28H26F4N6O2. The minimum Gasteiger partial charge on any atom is -0.439 e. The van der Waals surface area contributed by atoms with E-state index in [4.69, 9.17) is 4.74 Å². The van der Waals surface area contributed by atoms with Gasteiger partial charge >= 0.3 is 6.18 Å². The van der Waals surface area contributed by atoms with Crippen LogP contribution in [0.5, 0.6) is 11.6 Å². The first-order valence-corrected chi connectivity index (χ1v) is 12.5. The Labute approximate surface area is 227 Å². The summed E-state index contributed by atoms with van der Waals surface area (Å²) in [6, 6.07) is 11.6. The molecule has 0 saturated carbocycles. The predicted molar refractivity (Wildman–Crippen MR) is 142 cm³/mol. The molecule has 0 atom stereocenters. The fourth-order valence-corrected chi connectivity index (χ4v) is 4.56. The molecule has 12 heteroatoms. The number of fused-ring (bicyclic) bond motifs is 1. The largest absolute Gasteiger partial charge is 0.439 e. The van der Waals surface area contributed by atoms with E-state index in [0.717, 1.165) is 35.8 Å². The molecule has 1 fully saturated rings. The summed E-state index contributed by atoms with van der Waals surface area (Å²) in [5, 5.41) is 3.61. The Bertz CT molecular complexity index is 1560. The first-order chi connectivity index (χ1) is 19.1. The molecule has 2 aromatic carbocycles. The second-order valence-electron chi connectivity index (χ2n) is 9.40. The third kappa shape index (κ3) is 6.07. The standard InChI is InChI=1S/C28H26F4N6O2/c1-18(35-21-3-5-25(29)24(14-21)28(30,31)32)38-8-7-20-13-23(4-6-26(20)38)40-27-15-22(33-17-34-27)16-36-9-11-37(12-10-36)19(2)39/h3-8,13-15,17,35H,1,9-12,16H2,2H3. The zero-order valence-corrected chi connectivity index (χ0v) is 21.6. The van der Waals surface area contributed by atoms with E-state index in [1.165, 1.54) is 12.4 Å². The number of carbonyl (C=O) groups is 1. The Kier molecular flexibility index (Phi) is 7.44.